The van der Waals surface area contributed by atoms with Gasteiger partial charge >= 0.3 is 12.3 Å². The molecule has 0 radical (unpaired) electrons. The van der Waals surface area contributed by atoms with Crippen LogP contribution in [0.2, 0.25) is 0 Å². The fourth-order valence-corrected chi connectivity index (χ4v) is 2.74. The predicted molar refractivity (Wildman–Crippen MR) is 94.9 cm³/mol. The van der Waals surface area contributed by atoms with E-state index >= 15 is 0 Å². The molecule has 3 aromatic rings. The summed E-state index contributed by atoms with van der Waals surface area (Å²) in [4.78, 5) is 3.59. The maximum absolute atomic E-state index is 14.5. The lowest BCUT2D eigenvalue weighted by molar-refractivity contribution is -0.256. The van der Waals surface area contributed by atoms with E-state index in [-0.39, 0.29) is 29.3 Å². The quantitative estimate of drug-likeness (QED) is 0.491. The number of fused-ring (bicyclic) bond motifs is 1. The van der Waals surface area contributed by atoms with Crippen LogP contribution >= 0.6 is 0 Å². The molecular weight excluding hydrogens is 430 g/mol. The third-order valence-electron chi connectivity index (χ3n) is 4.75. The monoisotopic (exact) mass is 446 g/mol. The van der Waals surface area contributed by atoms with Crippen molar-refractivity contribution in [2.75, 3.05) is 6.61 Å². The van der Waals surface area contributed by atoms with Gasteiger partial charge in [-0.05, 0) is 43.9 Å². The molecule has 31 heavy (non-hydrogen) atoms. The molecule has 0 aromatic carbocycles. The molecule has 3 aromatic heterocycles. The first-order chi connectivity index (χ1) is 14.5. The van der Waals surface area contributed by atoms with Crippen molar-refractivity contribution < 1.29 is 35.8 Å². The molecule has 4 rings (SSSR count). The van der Waals surface area contributed by atoms with Crippen LogP contribution in [0.15, 0.2) is 30.6 Å². The van der Waals surface area contributed by atoms with Crippen molar-refractivity contribution in [3.63, 3.8) is 0 Å². The Labute approximate surface area is 171 Å². The SMILES string of the molecule is C[C@@H](Oc1ncc(-c2ccc3nnc(C(F)(F)OCC4CC4)n3c2)cc1F)C(F)(F)F. The average molecular weight is 446 g/mol. The molecule has 1 saturated carbocycles. The number of pyridine rings is 2. The van der Waals surface area contributed by atoms with Crippen LogP contribution in [0.3, 0.4) is 0 Å². The predicted octanol–water partition coefficient (Wildman–Crippen LogP) is 4.74. The Balaban J connectivity index is 1.61. The van der Waals surface area contributed by atoms with E-state index in [2.05, 4.69) is 19.9 Å². The molecule has 1 aliphatic carbocycles. The molecule has 0 aliphatic heterocycles. The zero-order valence-electron chi connectivity index (χ0n) is 16.0. The summed E-state index contributed by atoms with van der Waals surface area (Å²) < 4.78 is 91.2. The lowest BCUT2D eigenvalue weighted by Gasteiger charge is -2.17. The second-order valence-electron chi connectivity index (χ2n) is 7.25. The molecule has 0 amide bonds. The van der Waals surface area contributed by atoms with Crippen molar-refractivity contribution in [1.82, 2.24) is 19.6 Å². The van der Waals surface area contributed by atoms with Crippen LogP contribution in [-0.2, 0) is 10.8 Å². The van der Waals surface area contributed by atoms with Gasteiger partial charge in [0, 0.05) is 23.5 Å². The van der Waals surface area contributed by atoms with E-state index in [4.69, 9.17) is 4.74 Å². The molecule has 0 spiro atoms. The van der Waals surface area contributed by atoms with Gasteiger partial charge in [-0.2, -0.15) is 22.0 Å². The second-order valence-corrected chi connectivity index (χ2v) is 7.25. The van der Waals surface area contributed by atoms with Gasteiger partial charge in [-0.15, -0.1) is 10.2 Å². The summed E-state index contributed by atoms with van der Waals surface area (Å²) in [6.45, 7) is 0.622. The third-order valence-corrected chi connectivity index (χ3v) is 4.75. The van der Waals surface area contributed by atoms with Crippen molar-refractivity contribution in [3.05, 3.63) is 42.2 Å². The Kier molecular flexibility index (Phi) is 5.28. The molecule has 0 unspecified atom stereocenters. The summed E-state index contributed by atoms with van der Waals surface area (Å²) in [6, 6.07) is 3.75. The van der Waals surface area contributed by atoms with Gasteiger partial charge < -0.3 is 9.47 Å². The van der Waals surface area contributed by atoms with Crippen LogP contribution in [0, 0.1) is 11.7 Å². The van der Waals surface area contributed by atoms with Gasteiger partial charge in [0.1, 0.15) is 0 Å². The summed E-state index contributed by atoms with van der Waals surface area (Å²) in [5.41, 5.74) is 0.502. The van der Waals surface area contributed by atoms with E-state index in [0.29, 0.717) is 0 Å². The number of hydrogen-bond donors (Lipinski definition) is 0. The highest BCUT2D eigenvalue weighted by atomic mass is 19.4. The Hall–Kier alpha value is -2.89. The topological polar surface area (TPSA) is 61.5 Å². The van der Waals surface area contributed by atoms with Crippen molar-refractivity contribution in [2.45, 2.75) is 38.2 Å². The van der Waals surface area contributed by atoms with E-state index < -0.39 is 35.9 Å². The molecular formula is C19H16F6N4O2. The highest BCUT2D eigenvalue weighted by Gasteiger charge is 2.41. The molecule has 3 heterocycles. The molecule has 6 nitrogen and oxygen atoms in total. The number of nitrogens with zero attached hydrogens (tertiary/aromatic N) is 4. The van der Waals surface area contributed by atoms with E-state index in [9.17, 15) is 26.3 Å². The number of hydrogen-bond acceptors (Lipinski definition) is 5. The van der Waals surface area contributed by atoms with E-state index in [1.807, 2.05) is 0 Å². The normalized spacial score (nSPS) is 16.0. The lowest BCUT2D eigenvalue weighted by atomic mass is 10.1. The molecule has 166 valence electrons. The van der Waals surface area contributed by atoms with Crippen LogP contribution in [0.1, 0.15) is 25.6 Å². The Morgan fingerprint density at radius 2 is 1.87 bits per heavy atom. The van der Waals surface area contributed by atoms with Gasteiger partial charge in [-0.1, -0.05) is 0 Å². The zero-order valence-corrected chi connectivity index (χ0v) is 16.0. The zero-order chi connectivity index (χ0) is 22.4. The summed E-state index contributed by atoms with van der Waals surface area (Å²) in [7, 11) is 0. The van der Waals surface area contributed by atoms with Gasteiger partial charge in [0.25, 0.3) is 5.88 Å². The molecule has 0 N–H and O–H groups in total. The average Bonchev–Trinajstić information content (AvgIpc) is 3.43. The number of ether oxygens (including phenoxy) is 2. The van der Waals surface area contributed by atoms with Crippen molar-refractivity contribution >= 4 is 5.65 Å². The standard InChI is InChI=1S/C19H16F6N4O2/c1-10(18(21,22)23)31-16-14(20)6-13(7-26-16)12-4-5-15-27-28-17(29(15)8-12)19(24,25)30-9-11-2-3-11/h4-8,10-11H,2-3,9H2,1H3/t10-/m1/s1. The van der Waals surface area contributed by atoms with Crippen LogP contribution in [0.4, 0.5) is 26.3 Å². The molecule has 0 bridgehead atoms. The highest BCUT2D eigenvalue weighted by molar-refractivity contribution is 5.64. The second kappa shape index (κ2) is 7.66. The van der Waals surface area contributed by atoms with Crippen LogP contribution in [0.5, 0.6) is 5.88 Å². The first-order valence-corrected chi connectivity index (χ1v) is 9.31. The molecule has 12 heteroatoms. The largest absolute Gasteiger partial charge is 0.463 e. The van der Waals surface area contributed by atoms with Crippen LogP contribution < -0.4 is 4.74 Å². The molecule has 1 fully saturated rings. The van der Waals surface area contributed by atoms with Crippen molar-refractivity contribution in [1.29, 1.82) is 0 Å². The first-order valence-electron chi connectivity index (χ1n) is 9.31. The summed E-state index contributed by atoms with van der Waals surface area (Å²) in [5.74, 6) is -2.58. The lowest BCUT2D eigenvalue weighted by Crippen LogP contribution is -2.31. The minimum absolute atomic E-state index is 0.103. The first kappa shape index (κ1) is 21.3. The van der Waals surface area contributed by atoms with E-state index in [0.717, 1.165) is 36.4 Å². The fraction of sp³-hybridized carbons (Fsp3) is 0.421. The van der Waals surface area contributed by atoms with Gasteiger partial charge in [0.15, 0.2) is 17.6 Å². The Bertz CT molecular complexity index is 1100. The molecule has 0 saturated heterocycles. The number of aromatic nitrogens is 4. The van der Waals surface area contributed by atoms with Gasteiger partial charge in [0.05, 0.1) is 6.61 Å². The van der Waals surface area contributed by atoms with E-state index in [1.54, 1.807) is 0 Å². The number of alkyl halides is 5. The summed E-state index contributed by atoms with van der Waals surface area (Å²) >= 11 is 0. The van der Waals surface area contributed by atoms with Crippen molar-refractivity contribution in [3.8, 4) is 17.0 Å². The summed E-state index contributed by atoms with van der Waals surface area (Å²) in [5, 5.41) is 7.20. The Morgan fingerprint density at radius 3 is 2.52 bits per heavy atom. The van der Waals surface area contributed by atoms with E-state index in [1.165, 1.54) is 18.3 Å². The molecule has 1 aliphatic rings. The minimum atomic E-state index is -4.69. The minimum Gasteiger partial charge on any atom is -0.463 e. The number of rotatable bonds is 7. The Morgan fingerprint density at radius 1 is 1.13 bits per heavy atom. The van der Waals surface area contributed by atoms with Crippen molar-refractivity contribution in [2.24, 2.45) is 5.92 Å². The number of halogens is 6. The summed E-state index contributed by atoms with van der Waals surface area (Å²) in [6.07, 6.45) is -6.63. The van der Waals surface area contributed by atoms with Gasteiger partial charge in [-0.3, -0.25) is 4.40 Å². The smallest absolute Gasteiger partial charge is 0.425 e. The van der Waals surface area contributed by atoms with Gasteiger partial charge in [-0.25, -0.2) is 9.37 Å². The third kappa shape index (κ3) is 4.58. The maximum atomic E-state index is 14.5. The molecule has 1 atom stereocenters. The van der Waals surface area contributed by atoms with Crippen LogP contribution in [0.25, 0.3) is 16.8 Å². The maximum Gasteiger partial charge on any atom is 0.425 e. The van der Waals surface area contributed by atoms with Crippen LogP contribution in [-0.4, -0.2) is 38.5 Å². The highest BCUT2D eigenvalue weighted by Crippen LogP contribution is 2.35. The van der Waals surface area contributed by atoms with Gasteiger partial charge in [0.2, 0.25) is 5.82 Å². The fourth-order valence-electron chi connectivity index (χ4n) is 2.74.